The topological polar surface area (TPSA) is 27.7 Å². The Balaban J connectivity index is 1.43. The maximum atomic E-state index is 6.24. The highest BCUT2D eigenvalue weighted by Gasteiger charge is 2.35. The van der Waals surface area contributed by atoms with Crippen molar-refractivity contribution in [3.05, 3.63) is 37.0 Å². The largest absolute Gasteiger partial charge is 0.372 e. The molecule has 2 rings (SSSR count). The summed E-state index contributed by atoms with van der Waals surface area (Å²) in [7, 11) is 0. The Morgan fingerprint density at radius 1 is 0.778 bits per heavy atom. The second-order valence-corrected chi connectivity index (χ2v) is 7.93. The Morgan fingerprint density at radius 3 is 2.26 bits per heavy atom. The molecule has 3 nitrogen and oxygen atoms in total. The van der Waals surface area contributed by atoms with Crippen molar-refractivity contribution in [3.8, 4) is 0 Å². The lowest BCUT2D eigenvalue weighted by molar-refractivity contribution is -0.386. The van der Waals surface area contributed by atoms with Gasteiger partial charge in [0.15, 0.2) is 0 Å². The maximum absolute atomic E-state index is 6.24. The average Bonchev–Trinajstić information content (AvgIpc) is 3.18. The Kier molecular flexibility index (Phi) is 11.7. The summed E-state index contributed by atoms with van der Waals surface area (Å²) in [6, 6.07) is 0. The van der Waals surface area contributed by atoms with Crippen molar-refractivity contribution in [2.75, 3.05) is 0 Å². The van der Waals surface area contributed by atoms with Gasteiger partial charge in [-0.1, -0.05) is 56.6 Å². The van der Waals surface area contributed by atoms with Crippen molar-refractivity contribution in [1.29, 1.82) is 0 Å². The van der Waals surface area contributed by atoms with Crippen LogP contribution < -0.4 is 0 Å². The van der Waals surface area contributed by atoms with E-state index in [1.165, 1.54) is 44.9 Å². The fraction of sp³-hybridized carbons (Fsp3) is 0.750. The first-order chi connectivity index (χ1) is 13.3. The first-order valence-electron chi connectivity index (χ1n) is 11.2. The quantitative estimate of drug-likeness (QED) is 0.152. The number of rotatable bonds is 13. The lowest BCUT2D eigenvalue weighted by Crippen LogP contribution is -2.36. The minimum Gasteiger partial charge on any atom is -0.372 e. The van der Waals surface area contributed by atoms with Gasteiger partial charge in [0.05, 0.1) is 18.3 Å². The van der Waals surface area contributed by atoms with Crippen LogP contribution in [0.3, 0.4) is 0 Å². The standard InChI is InChI=1S/C24H40O3/c1-3-5-6-7-8-9-10-11-12-13-14-15-16-22-18-19-23(25-22)24-20-17-21(4-2)26-27-24/h3,7-10,21-24H,1,4-6,11-20H2,2H3/b8-7-,10-9-/t21-,22?,23+,24?/m1/s1. The van der Waals surface area contributed by atoms with Crippen LogP contribution >= 0.6 is 0 Å². The second-order valence-electron chi connectivity index (χ2n) is 7.93. The third-order valence-electron chi connectivity index (χ3n) is 5.67. The molecule has 3 heteroatoms. The molecular weight excluding hydrogens is 336 g/mol. The highest BCUT2D eigenvalue weighted by molar-refractivity contribution is 5.02. The molecule has 154 valence electrons. The van der Waals surface area contributed by atoms with Crippen LogP contribution in [0, 0.1) is 0 Å². The van der Waals surface area contributed by atoms with Gasteiger partial charge in [-0.25, -0.2) is 9.78 Å². The Labute approximate surface area is 166 Å². The molecule has 0 spiro atoms. The molecule has 2 aliphatic rings. The summed E-state index contributed by atoms with van der Waals surface area (Å²) in [5.41, 5.74) is 0. The van der Waals surface area contributed by atoms with Gasteiger partial charge in [-0.2, -0.15) is 0 Å². The van der Waals surface area contributed by atoms with Crippen LogP contribution in [0.2, 0.25) is 0 Å². The van der Waals surface area contributed by atoms with Gasteiger partial charge in [-0.05, 0) is 64.2 Å². The molecular formula is C24H40O3. The van der Waals surface area contributed by atoms with Crippen LogP contribution in [0.15, 0.2) is 37.0 Å². The van der Waals surface area contributed by atoms with E-state index in [-0.39, 0.29) is 18.3 Å². The Bertz CT molecular complexity index is 435. The van der Waals surface area contributed by atoms with Gasteiger partial charge in [-0.15, -0.1) is 6.58 Å². The summed E-state index contributed by atoms with van der Waals surface area (Å²) >= 11 is 0. The van der Waals surface area contributed by atoms with Crippen molar-refractivity contribution in [2.24, 2.45) is 0 Å². The first-order valence-corrected chi connectivity index (χ1v) is 11.2. The molecule has 0 bridgehead atoms. The Hall–Kier alpha value is -0.900. The zero-order valence-electron chi connectivity index (χ0n) is 17.3. The van der Waals surface area contributed by atoms with E-state index in [1.807, 2.05) is 6.08 Å². The fourth-order valence-electron chi connectivity index (χ4n) is 3.89. The molecule has 0 amide bonds. The van der Waals surface area contributed by atoms with Crippen LogP contribution in [0.5, 0.6) is 0 Å². The minimum absolute atomic E-state index is 0.149. The Morgan fingerprint density at radius 2 is 1.52 bits per heavy atom. The molecule has 0 aromatic heterocycles. The molecule has 27 heavy (non-hydrogen) atoms. The molecule has 2 fully saturated rings. The van der Waals surface area contributed by atoms with Gasteiger partial charge in [0, 0.05) is 0 Å². The predicted octanol–water partition coefficient (Wildman–Crippen LogP) is 6.84. The molecule has 0 saturated carbocycles. The predicted molar refractivity (Wildman–Crippen MR) is 113 cm³/mol. The first kappa shape index (κ1) is 22.4. The summed E-state index contributed by atoms with van der Waals surface area (Å²) in [5, 5.41) is 0. The molecule has 0 radical (unpaired) electrons. The van der Waals surface area contributed by atoms with Gasteiger partial charge in [0.25, 0.3) is 0 Å². The van der Waals surface area contributed by atoms with Crippen molar-refractivity contribution < 1.29 is 14.5 Å². The summed E-state index contributed by atoms with van der Waals surface area (Å²) in [6.45, 7) is 5.88. The van der Waals surface area contributed by atoms with Gasteiger partial charge in [-0.3, -0.25) is 0 Å². The number of unbranched alkanes of at least 4 members (excludes halogenated alkanes) is 5. The molecule has 0 aromatic carbocycles. The number of hydrogen-bond donors (Lipinski definition) is 0. The molecule has 2 saturated heterocycles. The van der Waals surface area contributed by atoms with Gasteiger partial charge in [0.2, 0.25) is 0 Å². The van der Waals surface area contributed by atoms with E-state index in [9.17, 15) is 0 Å². The van der Waals surface area contributed by atoms with Crippen molar-refractivity contribution >= 4 is 0 Å². The monoisotopic (exact) mass is 376 g/mol. The van der Waals surface area contributed by atoms with E-state index in [2.05, 4.69) is 37.8 Å². The lowest BCUT2D eigenvalue weighted by atomic mass is 10.0. The van der Waals surface area contributed by atoms with Crippen LogP contribution in [-0.2, 0) is 14.5 Å². The van der Waals surface area contributed by atoms with Crippen LogP contribution in [0.4, 0.5) is 0 Å². The highest BCUT2D eigenvalue weighted by Crippen LogP contribution is 2.31. The number of ether oxygens (including phenoxy) is 1. The minimum atomic E-state index is 0.149. The summed E-state index contributed by atoms with van der Waals surface area (Å²) in [6.07, 6.45) is 27.2. The van der Waals surface area contributed by atoms with Crippen molar-refractivity contribution in [1.82, 2.24) is 0 Å². The summed E-state index contributed by atoms with van der Waals surface area (Å²) < 4.78 is 6.24. The zero-order valence-corrected chi connectivity index (χ0v) is 17.3. The number of hydrogen-bond acceptors (Lipinski definition) is 3. The van der Waals surface area contributed by atoms with E-state index < -0.39 is 0 Å². The van der Waals surface area contributed by atoms with E-state index in [0.29, 0.717) is 6.10 Å². The third kappa shape index (κ3) is 9.23. The van der Waals surface area contributed by atoms with Crippen LogP contribution in [0.25, 0.3) is 0 Å². The SMILES string of the molecule is C=CCC/C=C\C=C/CCCCCCC1CC[C@@H](C2CC[C@@H](CC)OO2)O1. The third-order valence-corrected chi connectivity index (χ3v) is 5.67. The van der Waals surface area contributed by atoms with Crippen molar-refractivity contribution in [3.63, 3.8) is 0 Å². The van der Waals surface area contributed by atoms with E-state index >= 15 is 0 Å². The van der Waals surface area contributed by atoms with Gasteiger partial charge >= 0.3 is 0 Å². The molecule has 0 aromatic rings. The molecule has 0 N–H and O–H groups in total. The fourth-order valence-corrected chi connectivity index (χ4v) is 3.89. The number of allylic oxidation sites excluding steroid dienone is 5. The van der Waals surface area contributed by atoms with Crippen LogP contribution in [0.1, 0.15) is 90.4 Å². The molecule has 2 heterocycles. The van der Waals surface area contributed by atoms with E-state index in [4.69, 9.17) is 14.5 Å². The lowest BCUT2D eigenvalue weighted by Gasteiger charge is -2.30. The molecule has 4 atom stereocenters. The van der Waals surface area contributed by atoms with E-state index in [0.717, 1.165) is 38.5 Å². The average molecular weight is 377 g/mol. The summed E-state index contributed by atoms with van der Waals surface area (Å²) in [5.74, 6) is 0. The van der Waals surface area contributed by atoms with Gasteiger partial charge < -0.3 is 4.74 Å². The van der Waals surface area contributed by atoms with Crippen LogP contribution in [-0.4, -0.2) is 24.4 Å². The van der Waals surface area contributed by atoms with Gasteiger partial charge in [0.1, 0.15) is 6.10 Å². The smallest absolute Gasteiger partial charge is 0.119 e. The maximum Gasteiger partial charge on any atom is 0.119 e. The molecule has 0 aliphatic carbocycles. The summed E-state index contributed by atoms with van der Waals surface area (Å²) in [4.78, 5) is 11.1. The normalized spacial score (nSPS) is 29.1. The van der Waals surface area contributed by atoms with Crippen molar-refractivity contribution in [2.45, 2.75) is 115 Å². The highest BCUT2D eigenvalue weighted by atomic mass is 17.2. The zero-order chi connectivity index (χ0) is 19.2. The molecule has 2 unspecified atom stereocenters. The van der Waals surface area contributed by atoms with E-state index in [1.54, 1.807) is 0 Å². The molecule has 2 aliphatic heterocycles. The second kappa shape index (κ2) is 14.1.